The Balaban J connectivity index is 1.36. The van der Waals surface area contributed by atoms with Crippen LogP contribution >= 0.6 is 11.8 Å². The van der Waals surface area contributed by atoms with Crippen molar-refractivity contribution in [1.82, 2.24) is 0 Å². The highest BCUT2D eigenvalue weighted by Gasteiger charge is 2.08. The summed E-state index contributed by atoms with van der Waals surface area (Å²) >= 11 is 1.74. The van der Waals surface area contributed by atoms with Gasteiger partial charge in [0.15, 0.2) is 0 Å². The molecule has 2 nitrogen and oxygen atoms in total. The number of aliphatic hydroxyl groups is 1. The van der Waals surface area contributed by atoms with Gasteiger partial charge in [-0.3, -0.25) is 0 Å². The minimum absolute atomic E-state index is 0.417. The molecule has 0 spiro atoms. The maximum Gasteiger partial charge on any atom is 0.127 e. The van der Waals surface area contributed by atoms with E-state index in [1.54, 1.807) is 11.8 Å². The number of hydrogen-bond acceptors (Lipinski definition) is 3. The quantitative estimate of drug-likeness (QED) is 0.481. The van der Waals surface area contributed by atoms with Crippen molar-refractivity contribution >= 4 is 11.8 Å². The normalized spacial score (nSPS) is 13.6. The molecule has 0 amide bonds. The Morgan fingerprint density at radius 3 is 2.00 bits per heavy atom. The second-order valence-corrected chi connectivity index (χ2v) is 7.85. The van der Waals surface area contributed by atoms with E-state index in [1.807, 2.05) is 48.5 Å². The van der Waals surface area contributed by atoms with E-state index in [1.165, 1.54) is 9.79 Å². The van der Waals surface area contributed by atoms with Crippen molar-refractivity contribution in [2.75, 3.05) is 0 Å². The number of rotatable bonds is 6. The zero-order valence-corrected chi connectivity index (χ0v) is 16.4. The van der Waals surface area contributed by atoms with Gasteiger partial charge in [0.2, 0.25) is 0 Å². The topological polar surface area (TPSA) is 29.5 Å². The van der Waals surface area contributed by atoms with Crippen LogP contribution in [-0.2, 0) is 6.42 Å². The third kappa shape index (κ3) is 4.87. The molecular formula is C25H22O2S. The first-order valence-electron chi connectivity index (χ1n) is 9.44. The molecule has 0 atom stereocenters. The summed E-state index contributed by atoms with van der Waals surface area (Å²) in [4.78, 5) is 2.41. The Morgan fingerprint density at radius 1 is 0.714 bits per heavy atom. The first-order valence-corrected chi connectivity index (χ1v) is 10.3. The highest BCUT2D eigenvalue weighted by atomic mass is 32.2. The summed E-state index contributed by atoms with van der Waals surface area (Å²) in [5, 5.41) is 9.96. The summed E-state index contributed by atoms with van der Waals surface area (Å²) < 4.78 is 5.97. The van der Waals surface area contributed by atoms with Crippen LogP contribution in [0.25, 0.3) is 0 Å². The fourth-order valence-corrected chi connectivity index (χ4v) is 3.95. The predicted octanol–water partition coefficient (Wildman–Crippen LogP) is 7.33. The van der Waals surface area contributed by atoms with Gasteiger partial charge in [0.1, 0.15) is 17.3 Å². The largest absolute Gasteiger partial charge is 0.508 e. The first kappa shape index (κ1) is 18.5. The van der Waals surface area contributed by atoms with Gasteiger partial charge < -0.3 is 9.84 Å². The van der Waals surface area contributed by atoms with E-state index < -0.39 is 0 Å². The van der Waals surface area contributed by atoms with E-state index in [4.69, 9.17) is 4.74 Å². The minimum atomic E-state index is 0.417. The van der Waals surface area contributed by atoms with Crippen LogP contribution in [0.4, 0.5) is 0 Å². The molecule has 0 bridgehead atoms. The number of ether oxygens (including phenoxy) is 1. The number of hydrogen-bond donors (Lipinski definition) is 1. The highest BCUT2D eigenvalue weighted by Crippen LogP contribution is 2.30. The van der Waals surface area contributed by atoms with Gasteiger partial charge in [-0.05, 0) is 78.6 Å². The molecule has 3 aromatic carbocycles. The monoisotopic (exact) mass is 386 g/mol. The molecule has 0 unspecified atom stereocenters. The van der Waals surface area contributed by atoms with Crippen LogP contribution < -0.4 is 4.74 Å². The molecule has 4 rings (SSSR count). The van der Waals surface area contributed by atoms with Gasteiger partial charge in [-0.1, -0.05) is 48.2 Å². The summed E-state index contributed by atoms with van der Waals surface area (Å²) in [5.41, 5.74) is 2.17. The van der Waals surface area contributed by atoms with Crippen molar-refractivity contribution in [2.24, 2.45) is 0 Å². The van der Waals surface area contributed by atoms with Crippen LogP contribution in [0, 0.1) is 0 Å². The van der Waals surface area contributed by atoms with Crippen LogP contribution in [0.5, 0.6) is 11.5 Å². The van der Waals surface area contributed by atoms with E-state index in [0.717, 1.165) is 41.9 Å². The zero-order chi connectivity index (χ0) is 19.2. The van der Waals surface area contributed by atoms with E-state index in [9.17, 15) is 5.11 Å². The van der Waals surface area contributed by atoms with Gasteiger partial charge in [0.05, 0.1) is 0 Å². The predicted molar refractivity (Wildman–Crippen MR) is 115 cm³/mol. The average molecular weight is 387 g/mol. The lowest BCUT2D eigenvalue weighted by atomic mass is 9.98. The summed E-state index contributed by atoms with van der Waals surface area (Å²) in [6.45, 7) is 0. The Morgan fingerprint density at radius 2 is 1.32 bits per heavy atom. The Kier molecular flexibility index (Phi) is 5.83. The minimum Gasteiger partial charge on any atom is -0.508 e. The van der Waals surface area contributed by atoms with Gasteiger partial charge in [0, 0.05) is 16.2 Å². The van der Waals surface area contributed by atoms with Crippen LogP contribution in [0.2, 0.25) is 0 Å². The van der Waals surface area contributed by atoms with E-state index >= 15 is 0 Å². The molecule has 140 valence electrons. The van der Waals surface area contributed by atoms with Gasteiger partial charge in [-0.15, -0.1) is 0 Å². The van der Waals surface area contributed by atoms with E-state index in [0.29, 0.717) is 5.76 Å². The molecule has 1 N–H and O–H groups in total. The maximum atomic E-state index is 9.96. The first-order chi connectivity index (χ1) is 13.8. The van der Waals surface area contributed by atoms with E-state index in [2.05, 4.69) is 42.5 Å². The van der Waals surface area contributed by atoms with Crippen LogP contribution in [0.1, 0.15) is 18.4 Å². The van der Waals surface area contributed by atoms with Crippen molar-refractivity contribution in [1.29, 1.82) is 0 Å². The number of allylic oxidation sites excluding steroid dienone is 3. The second-order valence-electron chi connectivity index (χ2n) is 6.71. The molecule has 0 radical (unpaired) electrons. The molecular weight excluding hydrogens is 364 g/mol. The Hall–Kier alpha value is -2.91. The van der Waals surface area contributed by atoms with Crippen molar-refractivity contribution in [3.05, 3.63) is 108 Å². The molecule has 1 aliphatic carbocycles. The molecule has 3 aromatic rings. The fraction of sp³-hybridized carbons (Fsp3) is 0.120. The number of aliphatic hydroxyl groups excluding tert-OH is 1. The van der Waals surface area contributed by atoms with Crippen molar-refractivity contribution in [3.8, 4) is 11.5 Å². The summed E-state index contributed by atoms with van der Waals surface area (Å²) in [6.07, 6.45) is 6.68. The molecule has 0 saturated carbocycles. The van der Waals surface area contributed by atoms with Gasteiger partial charge in [0.25, 0.3) is 0 Å². The van der Waals surface area contributed by atoms with Crippen LogP contribution in [-0.4, -0.2) is 5.11 Å². The summed E-state index contributed by atoms with van der Waals surface area (Å²) in [5.74, 6) is 2.05. The van der Waals surface area contributed by atoms with Crippen molar-refractivity contribution < 1.29 is 9.84 Å². The van der Waals surface area contributed by atoms with Crippen LogP contribution in [0.3, 0.4) is 0 Å². The highest BCUT2D eigenvalue weighted by molar-refractivity contribution is 7.99. The lowest BCUT2D eigenvalue weighted by molar-refractivity contribution is 0.414. The number of benzene rings is 3. The summed E-state index contributed by atoms with van der Waals surface area (Å²) in [6, 6.07) is 26.5. The van der Waals surface area contributed by atoms with E-state index in [-0.39, 0.29) is 0 Å². The molecule has 0 heterocycles. The van der Waals surface area contributed by atoms with Gasteiger partial charge in [-0.2, -0.15) is 0 Å². The molecule has 3 heteroatoms. The molecule has 0 aliphatic heterocycles. The second kappa shape index (κ2) is 8.85. The third-order valence-electron chi connectivity index (χ3n) is 4.58. The van der Waals surface area contributed by atoms with Gasteiger partial charge >= 0.3 is 0 Å². The third-order valence-corrected chi connectivity index (χ3v) is 5.60. The molecule has 1 aliphatic rings. The molecule has 28 heavy (non-hydrogen) atoms. The average Bonchev–Trinajstić information content (AvgIpc) is 2.73. The van der Waals surface area contributed by atoms with Gasteiger partial charge in [-0.25, -0.2) is 0 Å². The zero-order valence-electron chi connectivity index (χ0n) is 15.5. The Labute approximate surface area is 170 Å². The maximum absolute atomic E-state index is 9.96. The lowest BCUT2D eigenvalue weighted by Crippen LogP contribution is -1.98. The molecule has 0 saturated heterocycles. The molecule has 0 aromatic heterocycles. The standard InChI is InChI=1S/C25H22O2S/c26-25-9-5-4-6-20(25)18-19-10-12-21(13-11-19)27-22-14-16-24(17-15-22)28-23-7-2-1-3-8-23/h1-3,6-17,26H,4-5,18H2. The van der Waals surface area contributed by atoms with Crippen molar-refractivity contribution in [2.45, 2.75) is 29.1 Å². The van der Waals surface area contributed by atoms with Crippen molar-refractivity contribution in [3.63, 3.8) is 0 Å². The SMILES string of the molecule is OC1=CCCC=C1Cc1ccc(Oc2ccc(Sc3ccccc3)cc2)cc1. The smallest absolute Gasteiger partial charge is 0.127 e. The Bertz CT molecular complexity index is 971. The molecule has 0 fully saturated rings. The van der Waals surface area contributed by atoms with Crippen LogP contribution in [0.15, 0.2) is 112 Å². The lowest BCUT2D eigenvalue weighted by Gasteiger charge is -2.12. The fourth-order valence-electron chi connectivity index (χ4n) is 3.11. The summed E-state index contributed by atoms with van der Waals surface area (Å²) in [7, 11) is 0.